The van der Waals surface area contributed by atoms with Gasteiger partial charge in [-0.05, 0) is 18.6 Å². The second-order valence-electron chi connectivity index (χ2n) is 5.85. The number of hydrogen-bond donors (Lipinski definition) is 0. The van der Waals surface area contributed by atoms with Gasteiger partial charge in [0.05, 0.1) is 29.9 Å². The van der Waals surface area contributed by atoms with Gasteiger partial charge in [-0.3, -0.25) is 4.90 Å². The molecule has 4 rings (SSSR count). The Morgan fingerprint density at radius 2 is 1.75 bits per heavy atom. The summed E-state index contributed by atoms with van der Waals surface area (Å²) < 4.78 is 9.92. The second-order valence-corrected chi connectivity index (χ2v) is 5.85. The van der Waals surface area contributed by atoms with E-state index in [-0.39, 0.29) is 24.8 Å². The summed E-state index contributed by atoms with van der Waals surface area (Å²) in [5, 5.41) is 4.74. The molecule has 0 aliphatic carbocycles. The third kappa shape index (κ3) is 3.40. The minimum Gasteiger partial charge on any atom is -0.379 e. The van der Waals surface area contributed by atoms with Crippen molar-refractivity contribution in [3.8, 4) is 0 Å². The molecule has 0 atom stereocenters. The fraction of sp³-hybridized carbons (Fsp3) is 0.471. The molecule has 1 aliphatic heterocycles. The van der Waals surface area contributed by atoms with E-state index in [9.17, 15) is 0 Å². The minimum absolute atomic E-state index is 0. The molecule has 1 aliphatic rings. The van der Waals surface area contributed by atoms with Gasteiger partial charge in [0.2, 0.25) is 0 Å². The molecule has 7 heteroatoms. The quantitative estimate of drug-likeness (QED) is 0.707. The molecule has 3 aromatic rings. The summed E-state index contributed by atoms with van der Waals surface area (Å²) in [6.07, 6.45) is 0.972. The van der Waals surface area contributed by atoms with Crippen LogP contribution in [0.1, 0.15) is 12.6 Å². The maximum atomic E-state index is 5.43. The molecule has 1 aromatic carbocycles. The van der Waals surface area contributed by atoms with Gasteiger partial charge in [0.15, 0.2) is 0 Å². The molecule has 0 N–H and O–H groups in total. The fourth-order valence-electron chi connectivity index (χ4n) is 3.26. The number of hydrogen-bond acceptors (Lipinski definition) is 3. The van der Waals surface area contributed by atoms with Crippen LogP contribution in [0, 0.1) is 0 Å². The number of nitrogens with zero attached hydrogens (tertiary/aromatic N) is 4. The summed E-state index contributed by atoms with van der Waals surface area (Å²) >= 11 is 0. The average molecular weight is 371 g/mol. The molecule has 3 heterocycles. The Morgan fingerprint density at radius 3 is 2.46 bits per heavy atom. The van der Waals surface area contributed by atoms with E-state index in [0.29, 0.717) is 0 Å². The maximum absolute atomic E-state index is 5.43. The highest BCUT2D eigenvalue weighted by Gasteiger charge is 2.15. The molecule has 2 aromatic heterocycles. The topological polar surface area (TPSA) is 34.7 Å². The summed E-state index contributed by atoms with van der Waals surface area (Å²) in [6, 6.07) is 10.8. The number of ether oxygens (including phenoxy) is 1. The van der Waals surface area contributed by atoms with Gasteiger partial charge >= 0.3 is 0 Å². The van der Waals surface area contributed by atoms with Crippen LogP contribution in [-0.2, 0) is 17.7 Å². The van der Waals surface area contributed by atoms with Crippen LogP contribution in [0.5, 0.6) is 0 Å². The first-order chi connectivity index (χ1) is 10.9. The fourth-order valence-corrected chi connectivity index (χ4v) is 3.26. The highest BCUT2D eigenvalue weighted by Crippen LogP contribution is 2.21. The highest BCUT2D eigenvalue weighted by molar-refractivity contribution is 5.85. The van der Waals surface area contributed by atoms with Crippen molar-refractivity contribution in [1.82, 2.24) is 19.1 Å². The zero-order chi connectivity index (χ0) is 14.9. The summed E-state index contributed by atoms with van der Waals surface area (Å²) in [5.41, 5.74) is 4.81. The van der Waals surface area contributed by atoms with Crippen LogP contribution in [0.15, 0.2) is 30.3 Å². The zero-order valence-corrected chi connectivity index (χ0v) is 15.5. The number of para-hydroxylation sites is 2. The number of rotatable bonds is 4. The van der Waals surface area contributed by atoms with Gasteiger partial charge in [-0.15, -0.1) is 24.8 Å². The highest BCUT2D eigenvalue weighted by atomic mass is 35.5. The van der Waals surface area contributed by atoms with Crippen molar-refractivity contribution < 1.29 is 4.74 Å². The van der Waals surface area contributed by atoms with E-state index in [1.165, 1.54) is 16.7 Å². The van der Waals surface area contributed by atoms with Gasteiger partial charge < -0.3 is 9.30 Å². The third-order valence-electron chi connectivity index (χ3n) is 4.52. The Morgan fingerprint density at radius 1 is 1.04 bits per heavy atom. The lowest BCUT2D eigenvalue weighted by Crippen LogP contribution is -2.38. The lowest BCUT2D eigenvalue weighted by Gasteiger charge is -2.26. The maximum Gasteiger partial charge on any atom is 0.137 e. The van der Waals surface area contributed by atoms with Gasteiger partial charge in [0.25, 0.3) is 0 Å². The van der Waals surface area contributed by atoms with Crippen LogP contribution in [-0.4, -0.2) is 51.9 Å². The largest absolute Gasteiger partial charge is 0.379 e. The Hall–Kier alpha value is -1.27. The molecule has 24 heavy (non-hydrogen) atoms. The summed E-state index contributed by atoms with van der Waals surface area (Å²) in [4.78, 5) is 2.48. The van der Waals surface area contributed by atoms with Gasteiger partial charge in [-0.2, -0.15) is 5.10 Å². The third-order valence-corrected chi connectivity index (χ3v) is 4.52. The molecule has 132 valence electrons. The van der Waals surface area contributed by atoms with Crippen molar-refractivity contribution in [3.63, 3.8) is 0 Å². The van der Waals surface area contributed by atoms with Crippen LogP contribution >= 0.6 is 24.8 Å². The van der Waals surface area contributed by atoms with Crippen molar-refractivity contribution in [2.24, 2.45) is 0 Å². The smallest absolute Gasteiger partial charge is 0.137 e. The van der Waals surface area contributed by atoms with Crippen molar-refractivity contribution in [2.75, 3.05) is 32.8 Å². The van der Waals surface area contributed by atoms with Crippen molar-refractivity contribution in [3.05, 3.63) is 36.0 Å². The van der Waals surface area contributed by atoms with Crippen LogP contribution in [0.25, 0.3) is 16.7 Å². The minimum atomic E-state index is 0. The van der Waals surface area contributed by atoms with Gasteiger partial charge in [0, 0.05) is 32.2 Å². The van der Waals surface area contributed by atoms with Crippen LogP contribution in [0.2, 0.25) is 0 Å². The van der Waals surface area contributed by atoms with E-state index >= 15 is 0 Å². The lowest BCUT2D eigenvalue weighted by molar-refractivity contribution is 0.0366. The Bertz CT molecular complexity index is 792. The number of aromatic nitrogens is 3. The van der Waals surface area contributed by atoms with Crippen LogP contribution < -0.4 is 0 Å². The van der Waals surface area contributed by atoms with E-state index in [1.807, 2.05) is 0 Å². The summed E-state index contributed by atoms with van der Waals surface area (Å²) in [6.45, 7) is 7.99. The van der Waals surface area contributed by atoms with E-state index in [2.05, 4.69) is 51.2 Å². The number of morpholine rings is 1. The molecule has 0 saturated carbocycles. The van der Waals surface area contributed by atoms with Crippen molar-refractivity contribution >= 4 is 41.5 Å². The standard InChI is InChI=1S/C17H22N4O.2ClH/c1-2-14-13-17-20(8-7-19-9-11-22-12-10-19)15-5-3-4-6-16(15)21(17)18-14;;/h3-6,13H,2,7-12H2,1H3;2*1H. The first-order valence-electron chi connectivity index (χ1n) is 8.13. The SMILES string of the molecule is CCc1cc2n(CCN3CCOCC3)c3ccccc3n2n1.Cl.Cl. The number of imidazole rings is 1. The number of fused-ring (bicyclic) bond motifs is 3. The molecule has 5 nitrogen and oxygen atoms in total. The Labute approximate surface area is 154 Å². The predicted octanol–water partition coefficient (Wildman–Crippen LogP) is 3.03. The molecule has 0 unspecified atom stereocenters. The van der Waals surface area contributed by atoms with Crippen molar-refractivity contribution in [1.29, 1.82) is 0 Å². The lowest BCUT2D eigenvalue weighted by atomic mass is 10.3. The number of aryl methyl sites for hydroxylation is 1. The van der Waals surface area contributed by atoms with E-state index < -0.39 is 0 Å². The number of halogens is 2. The monoisotopic (exact) mass is 370 g/mol. The Kier molecular flexibility index (Phi) is 6.52. The first-order valence-corrected chi connectivity index (χ1v) is 8.13. The molecule has 0 spiro atoms. The first kappa shape index (κ1) is 19.1. The average Bonchev–Trinajstić information content (AvgIpc) is 3.11. The van der Waals surface area contributed by atoms with E-state index in [4.69, 9.17) is 9.84 Å². The van der Waals surface area contributed by atoms with Gasteiger partial charge in [-0.25, -0.2) is 4.52 Å². The second kappa shape index (κ2) is 8.21. The van der Waals surface area contributed by atoms with E-state index in [1.54, 1.807) is 0 Å². The van der Waals surface area contributed by atoms with Crippen LogP contribution in [0.3, 0.4) is 0 Å². The van der Waals surface area contributed by atoms with Crippen molar-refractivity contribution in [2.45, 2.75) is 19.9 Å². The van der Waals surface area contributed by atoms with Gasteiger partial charge in [-0.1, -0.05) is 19.1 Å². The molecule has 1 saturated heterocycles. The Balaban J connectivity index is 0.00000104. The number of benzene rings is 1. The normalized spacial score (nSPS) is 15.4. The molecule has 1 fully saturated rings. The molecular formula is C17H24Cl2N4O. The summed E-state index contributed by atoms with van der Waals surface area (Å²) in [5.74, 6) is 0. The van der Waals surface area contributed by atoms with Gasteiger partial charge in [0.1, 0.15) is 5.65 Å². The molecule has 0 radical (unpaired) electrons. The summed E-state index contributed by atoms with van der Waals surface area (Å²) in [7, 11) is 0. The predicted molar refractivity (Wildman–Crippen MR) is 102 cm³/mol. The van der Waals surface area contributed by atoms with E-state index in [0.717, 1.165) is 51.5 Å². The molecule has 0 amide bonds. The van der Waals surface area contributed by atoms with Crippen LogP contribution in [0.4, 0.5) is 0 Å². The zero-order valence-electron chi connectivity index (χ0n) is 13.9. The molecule has 0 bridgehead atoms. The molecular weight excluding hydrogens is 347 g/mol.